The molecule has 0 bridgehead atoms. The van der Waals surface area contributed by atoms with E-state index < -0.39 is 0 Å². The maximum absolute atomic E-state index is 5.69. The van der Waals surface area contributed by atoms with Crippen LogP contribution < -0.4 is 0 Å². The molecule has 0 nitrogen and oxygen atoms in total. The Balaban J connectivity index is 3.10. The second-order valence-electron chi connectivity index (χ2n) is 2.28. The van der Waals surface area contributed by atoms with Gasteiger partial charge in [-0.25, -0.2) is 0 Å². The Morgan fingerprint density at radius 3 is 2.00 bits per heavy atom. The third kappa shape index (κ3) is 4.73. The van der Waals surface area contributed by atoms with Gasteiger partial charge < -0.3 is 0 Å². The van der Waals surface area contributed by atoms with Gasteiger partial charge in [-0.15, -0.1) is 23.2 Å². The summed E-state index contributed by atoms with van der Waals surface area (Å²) in [5.41, 5.74) is 0. The van der Waals surface area contributed by atoms with Crippen molar-refractivity contribution in [2.45, 2.75) is 25.6 Å². The molecule has 0 N–H and O–H groups in total. The van der Waals surface area contributed by atoms with Gasteiger partial charge in [-0.05, 0) is 19.3 Å². The van der Waals surface area contributed by atoms with Crippen molar-refractivity contribution in [1.82, 2.24) is 0 Å². The van der Waals surface area contributed by atoms with E-state index in [1.807, 2.05) is 6.92 Å². The molecule has 0 saturated heterocycles. The Kier molecular flexibility index (Phi) is 4.78. The van der Waals surface area contributed by atoms with Gasteiger partial charge in [-0.3, -0.25) is 0 Å². The van der Waals surface area contributed by atoms with Crippen molar-refractivity contribution in [3.05, 3.63) is 0 Å². The first-order valence-corrected chi connectivity index (χ1v) is 3.84. The van der Waals surface area contributed by atoms with Crippen molar-refractivity contribution in [2.24, 2.45) is 5.92 Å². The summed E-state index contributed by atoms with van der Waals surface area (Å²) in [6, 6.07) is 0. The molecule has 0 rings (SSSR count). The molecular weight excluding hydrogens is 143 g/mol. The lowest BCUT2D eigenvalue weighted by Crippen LogP contribution is -2.02. The third-order valence-corrected chi connectivity index (χ3v) is 1.70. The molecule has 0 amide bonds. The van der Waals surface area contributed by atoms with Crippen molar-refractivity contribution < 1.29 is 0 Å². The van der Waals surface area contributed by atoms with Gasteiger partial charge in [0.2, 0.25) is 0 Å². The molecule has 0 saturated carbocycles. The van der Waals surface area contributed by atoms with Crippen LogP contribution in [0.5, 0.6) is 0 Å². The van der Waals surface area contributed by atoms with E-state index in [0.29, 0.717) is 5.92 Å². The highest BCUT2D eigenvalue weighted by Gasteiger charge is 2.02. The zero-order valence-electron chi connectivity index (χ0n) is 5.32. The number of alkyl halides is 2. The first-order valence-electron chi connectivity index (χ1n) is 2.86. The summed E-state index contributed by atoms with van der Waals surface area (Å²) >= 11 is 11.2. The Bertz CT molecular complexity index is 52.5. The quantitative estimate of drug-likeness (QED) is 0.549. The summed E-state index contributed by atoms with van der Waals surface area (Å²) in [5, 5.41) is 0.267. The minimum Gasteiger partial charge on any atom is -0.126 e. The fourth-order valence-corrected chi connectivity index (χ4v) is 1.05. The van der Waals surface area contributed by atoms with Crippen LogP contribution in [0.15, 0.2) is 0 Å². The summed E-state index contributed by atoms with van der Waals surface area (Å²) in [6.45, 7) is 4.09. The average molecular weight is 155 g/mol. The fraction of sp³-hybridized carbons (Fsp3) is 1.00. The molecule has 0 aliphatic carbocycles. The molecule has 0 heterocycles. The number of rotatable bonds is 3. The van der Waals surface area contributed by atoms with Gasteiger partial charge in [-0.1, -0.05) is 6.92 Å². The summed E-state index contributed by atoms with van der Waals surface area (Å²) in [6.07, 6.45) is 1.02. The Morgan fingerprint density at radius 1 is 1.38 bits per heavy atom. The SMILES string of the molecule is CC(Cl)CC(C)CCl. The van der Waals surface area contributed by atoms with Crippen LogP contribution in [0.4, 0.5) is 0 Å². The second kappa shape index (κ2) is 4.46. The van der Waals surface area contributed by atoms with E-state index in [1.54, 1.807) is 0 Å². The van der Waals surface area contributed by atoms with Crippen molar-refractivity contribution in [2.75, 3.05) is 5.88 Å². The van der Waals surface area contributed by atoms with Gasteiger partial charge in [0.15, 0.2) is 0 Å². The summed E-state index contributed by atoms with van der Waals surface area (Å²) in [7, 11) is 0. The predicted octanol–water partition coefficient (Wildman–Crippen LogP) is 2.88. The Labute approximate surface area is 61.2 Å². The molecule has 0 radical (unpaired) electrons. The topological polar surface area (TPSA) is 0 Å². The van der Waals surface area contributed by atoms with E-state index >= 15 is 0 Å². The van der Waals surface area contributed by atoms with Gasteiger partial charge in [-0.2, -0.15) is 0 Å². The maximum Gasteiger partial charge on any atom is 0.0310 e. The fourth-order valence-electron chi connectivity index (χ4n) is 0.617. The smallest absolute Gasteiger partial charge is 0.0310 e. The lowest BCUT2D eigenvalue weighted by Gasteiger charge is -2.06. The predicted molar refractivity (Wildman–Crippen MR) is 39.8 cm³/mol. The molecule has 50 valence electrons. The van der Waals surface area contributed by atoms with Gasteiger partial charge in [0.1, 0.15) is 0 Å². The van der Waals surface area contributed by atoms with Crippen molar-refractivity contribution in [3.63, 3.8) is 0 Å². The van der Waals surface area contributed by atoms with Crippen LogP contribution in [0.3, 0.4) is 0 Å². The van der Waals surface area contributed by atoms with Crippen molar-refractivity contribution in [3.8, 4) is 0 Å². The summed E-state index contributed by atoms with van der Waals surface area (Å²) in [5.74, 6) is 1.28. The molecule has 2 atom stereocenters. The van der Waals surface area contributed by atoms with Gasteiger partial charge in [0, 0.05) is 11.3 Å². The van der Waals surface area contributed by atoms with Crippen LogP contribution in [0, 0.1) is 5.92 Å². The van der Waals surface area contributed by atoms with Crippen LogP contribution >= 0.6 is 23.2 Å². The van der Waals surface area contributed by atoms with Gasteiger partial charge in [0.05, 0.1) is 0 Å². The molecule has 0 aromatic heterocycles. The van der Waals surface area contributed by atoms with Crippen LogP contribution in [0.1, 0.15) is 20.3 Å². The highest BCUT2D eigenvalue weighted by molar-refractivity contribution is 6.20. The normalized spacial score (nSPS) is 18.0. The Morgan fingerprint density at radius 2 is 1.88 bits per heavy atom. The molecule has 0 aliphatic rings. The zero-order chi connectivity index (χ0) is 6.57. The van der Waals surface area contributed by atoms with E-state index in [2.05, 4.69) is 6.92 Å². The Hall–Kier alpha value is 0.580. The molecule has 0 fully saturated rings. The maximum atomic E-state index is 5.69. The monoisotopic (exact) mass is 154 g/mol. The molecule has 8 heavy (non-hydrogen) atoms. The van der Waals surface area contributed by atoms with Gasteiger partial charge in [0.25, 0.3) is 0 Å². The number of halogens is 2. The minimum absolute atomic E-state index is 0.267. The van der Waals surface area contributed by atoms with Crippen LogP contribution in [0.25, 0.3) is 0 Å². The van der Waals surface area contributed by atoms with E-state index in [-0.39, 0.29) is 5.38 Å². The zero-order valence-corrected chi connectivity index (χ0v) is 6.84. The first kappa shape index (κ1) is 8.58. The van der Waals surface area contributed by atoms with E-state index in [1.165, 1.54) is 0 Å². The molecule has 2 unspecified atom stereocenters. The molecule has 0 aromatic rings. The largest absolute Gasteiger partial charge is 0.126 e. The summed E-state index contributed by atoms with van der Waals surface area (Å²) < 4.78 is 0. The van der Waals surface area contributed by atoms with E-state index in [9.17, 15) is 0 Å². The second-order valence-corrected chi connectivity index (χ2v) is 3.33. The molecular formula is C6H12Cl2. The lowest BCUT2D eigenvalue weighted by molar-refractivity contribution is 0.587. The highest BCUT2D eigenvalue weighted by atomic mass is 35.5. The van der Waals surface area contributed by atoms with Crippen LogP contribution in [-0.4, -0.2) is 11.3 Å². The summed E-state index contributed by atoms with van der Waals surface area (Å²) in [4.78, 5) is 0. The average Bonchev–Trinajstić information content (AvgIpc) is 1.65. The standard InChI is InChI=1S/C6H12Cl2/c1-5(4-7)3-6(2)8/h5-6H,3-4H2,1-2H3. The van der Waals surface area contributed by atoms with Crippen molar-refractivity contribution >= 4 is 23.2 Å². The van der Waals surface area contributed by atoms with Crippen LogP contribution in [-0.2, 0) is 0 Å². The van der Waals surface area contributed by atoms with E-state index in [4.69, 9.17) is 23.2 Å². The molecule has 0 aliphatic heterocycles. The minimum atomic E-state index is 0.267. The molecule has 2 heteroatoms. The lowest BCUT2D eigenvalue weighted by atomic mass is 10.1. The van der Waals surface area contributed by atoms with Gasteiger partial charge >= 0.3 is 0 Å². The van der Waals surface area contributed by atoms with E-state index in [0.717, 1.165) is 12.3 Å². The number of hydrogen-bond donors (Lipinski definition) is 0. The third-order valence-electron chi connectivity index (χ3n) is 0.991. The highest BCUT2D eigenvalue weighted by Crippen LogP contribution is 2.11. The number of hydrogen-bond acceptors (Lipinski definition) is 0. The molecule has 0 aromatic carbocycles. The molecule has 0 spiro atoms. The first-order chi connectivity index (χ1) is 3.66. The van der Waals surface area contributed by atoms with Crippen molar-refractivity contribution in [1.29, 1.82) is 0 Å². The van der Waals surface area contributed by atoms with Crippen LogP contribution in [0.2, 0.25) is 0 Å².